The molecule has 2 aliphatic heterocycles. The van der Waals surface area contributed by atoms with E-state index < -0.39 is 10.0 Å². The Morgan fingerprint density at radius 1 is 0.800 bits per heavy atom. The Labute approximate surface area is 208 Å². The topological polar surface area (TPSA) is 60.9 Å². The van der Waals surface area contributed by atoms with Crippen molar-refractivity contribution < 1.29 is 13.5 Å². The molecular weight excluding hydrogens is 456 g/mol. The highest BCUT2D eigenvalue weighted by Gasteiger charge is 2.50. The van der Waals surface area contributed by atoms with Gasteiger partial charge in [0.05, 0.1) is 11.5 Å². The third-order valence-electron chi connectivity index (χ3n) is 7.13. The number of hydrogen-bond acceptors (Lipinski definition) is 4. The standard InChI is InChI=1S/C29H30N2O3S/c32-22-28-29(25-17-15-24(16-18-25)14-13-23-9-3-1-4-10-23)27-21-30(19-7-8-20-31(27)28)35(33,34)26-11-5-2-6-12-26/h1-6,9-12,15-18,27-29,32H,7-8,19-22H2/t27-,28+,29+/m1/s1. The number of aliphatic hydroxyl groups excluding tert-OH is 1. The molecule has 180 valence electrons. The lowest BCUT2D eigenvalue weighted by molar-refractivity contribution is -0.0553. The van der Waals surface area contributed by atoms with Crippen molar-refractivity contribution in [1.29, 1.82) is 0 Å². The Balaban J connectivity index is 1.38. The molecule has 2 saturated heterocycles. The smallest absolute Gasteiger partial charge is 0.243 e. The summed E-state index contributed by atoms with van der Waals surface area (Å²) in [4.78, 5) is 2.63. The number of aliphatic hydroxyl groups is 1. The molecule has 3 aromatic rings. The summed E-state index contributed by atoms with van der Waals surface area (Å²) in [6, 6.07) is 26.8. The third kappa shape index (κ3) is 4.91. The molecule has 3 atom stereocenters. The third-order valence-corrected chi connectivity index (χ3v) is 9.01. The van der Waals surface area contributed by atoms with E-state index in [1.165, 1.54) is 0 Å². The lowest BCUT2D eigenvalue weighted by atomic mass is 9.74. The summed E-state index contributed by atoms with van der Waals surface area (Å²) in [6.45, 7) is 1.88. The van der Waals surface area contributed by atoms with Gasteiger partial charge in [-0.2, -0.15) is 4.31 Å². The maximum atomic E-state index is 13.4. The van der Waals surface area contributed by atoms with Crippen LogP contribution in [0, 0.1) is 11.8 Å². The molecule has 5 nitrogen and oxygen atoms in total. The molecule has 0 radical (unpaired) electrons. The van der Waals surface area contributed by atoms with Gasteiger partial charge in [-0.25, -0.2) is 8.42 Å². The highest BCUT2D eigenvalue weighted by Crippen LogP contribution is 2.42. The minimum Gasteiger partial charge on any atom is -0.395 e. The first kappa shape index (κ1) is 23.8. The minimum atomic E-state index is -3.57. The van der Waals surface area contributed by atoms with Gasteiger partial charge in [0.15, 0.2) is 0 Å². The number of rotatable bonds is 4. The molecule has 0 saturated carbocycles. The van der Waals surface area contributed by atoms with E-state index in [0.29, 0.717) is 18.0 Å². The molecule has 2 fully saturated rings. The van der Waals surface area contributed by atoms with Gasteiger partial charge in [0.2, 0.25) is 10.0 Å². The van der Waals surface area contributed by atoms with Gasteiger partial charge in [0.1, 0.15) is 0 Å². The number of benzene rings is 3. The average Bonchev–Trinajstić information content (AvgIpc) is 2.88. The van der Waals surface area contributed by atoms with E-state index in [0.717, 1.165) is 36.1 Å². The van der Waals surface area contributed by atoms with E-state index in [1.54, 1.807) is 28.6 Å². The molecule has 6 heteroatoms. The van der Waals surface area contributed by atoms with E-state index in [4.69, 9.17) is 0 Å². The average molecular weight is 487 g/mol. The van der Waals surface area contributed by atoms with Crippen LogP contribution in [0.15, 0.2) is 89.8 Å². The van der Waals surface area contributed by atoms with Gasteiger partial charge in [-0.3, -0.25) is 4.90 Å². The normalized spacial score (nSPS) is 23.2. The Kier molecular flexibility index (Phi) is 7.03. The van der Waals surface area contributed by atoms with E-state index in [-0.39, 0.29) is 24.6 Å². The van der Waals surface area contributed by atoms with Crippen molar-refractivity contribution in [2.75, 3.05) is 26.2 Å². The summed E-state index contributed by atoms with van der Waals surface area (Å²) in [5.41, 5.74) is 3.02. The first-order valence-corrected chi connectivity index (χ1v) is 13.6. The molecule has 2 aliphatic rings. The minimum absolute atomic E-state index is 0.000585. The van der Waals surface area contributed by atoms with E-state index in [9.17, 15) is 13.5 Å². The second kappa shape index (κ2) is 10.3. The number of hydrogen-bond donors (Lipinski definition) is 1. The van der Waals surface area contributed by atoms with Crippen LogP contribution in [0.3, 0.4) is 0 Å². The number of sulfonamides is 1. The molecular formula is C29H30N2O3S. The van der Waals surface area contributed by atoms with Crippen LogP contribution in [0.2, 0.25) is 0 Å². The zero-order valence-corrected chi connectivity index (χ0v) is 20.4. The van der Waals surface area contributed by atoms with Crippen LogP contribution in [-0.4, -0.2) is 61.1 Å². The Morgan fingerprint density at radius 2 is 1.40 bits per heavy atom. The summed E-state index contributed by atoms with van der Waals surface area (Å²) in [5, 5.41) is 10.2. The molecule has 0 amide bonds. The quantitative estimate of drug-likeness (QED) is 0.572. The maximum absolute atomic E-state index is 13.4. The van der Waals surface area contributed by atoms with Gasteiger partial charge >= 0.3 is 0 Å². The second-order valence-electron chi connectivity index (χ2n) is 9.20. The van der Waals surface area contributed by atoms with Crippen LogP contribution < -0.4 is 0 Å². The predicted octanol–water partition coefficient (Wildman–Crippen LogP) is 3.70. The molecule has 35 heavy (non-hydrogen) atoms. The van der Waals surface area contributed by atoms with Crippen molar-refractivity contribution in [3.63, 3.8) is 0 Å². The largest absolute Gasteiger partial charge is 0.395 e. The highest BCUT2D eigenvalue weighted by molar-refractivity contribution is 7.89. The fourth-order valence-electron chi connectivity index (χ4n) is 5.32. The number of nitrogens with zero attached hydrogens (tertiary/aromatic N) is 2. The SMILES string of the molecule is O=S(=O)(c1ccccc1)N1CCCCN2[C@H](C1)[C@H](c1ccc(C#Cc3ccccc3)cc1)[C@@H]2CO. The van der Waals surface area contributed by atoms with Crippen molar-refractivity contribution >= 4 is 10.0 Å². The Morgan fingerprint density at radius 3 is 2.06 bits per heavy atom. The summed E-state index contributed by atoms with van der Waals surface area (Å²) in [6.07, 6.45) is 1.72. The van der Waals surface area contributed by atoms with Gasteiger partial charge in [0.25, 0.3) is 0 Å². The van der Waals surface area contributed by atoms with Crippen LogP contribution in [0.25, 0.3) is 0 Å². The Hall–Kier alpha value is -2.95. The van der Waals surface area contributed by atoms with Gasteiger partial charge in [-0.15, -0.1) is 0 Å². The fourth-order valence-corrected chi connectivity index (χ4v) is 6.84. The van der Waals surface area contributed by atoms with Gasteiger partial charge in [-0.1, -0.05) is 60.4 Å². The van der Waals surface area contributed by atoms with Crippen LogP contribution in [0.5, 0.6) is 0 Å². The second-order valence-corrected chi connectivity index (χ2v) is 11.1. The van der Waals surface area contributed by atoms with Crippen molar-refractivity contribution in [2.24, 2.45) is 0 Å². The molecule has 0 aromatic heterocycles. The van der Waals surface area contributed by atoms with E-state index >= 15 is 0 Å². The molecule has 5 rings (SSSR count). The first-order valence-electron chi connectivity index (χ1n) is 12.2. The molecule has 3 aromatic carbocycles. The molecule has 2 heterocycles. The van der Waals surface area contributed by atoms with Crippen LogP contribution >= 0.6 is 0 Å². The van der Waals surface area contributed by atoms with Crippen molar-refractivity contribution in [2.45, 2.75) is 35.7 Å². The molecule has 0 bridgehead atoms. The van der Waals surface area contributed by atoms with Crippen LogP contribution in [0.4, 0.5) is 0 Å². The maximum Gasteiger partial charge on any atom is 0.243 e. The Bertz CT molecular complexity index is 1300. The van der Waals surface area contributed by atoms with Crippen LogP contribution in [0.1, 0.15) is 35.4 Å². The lowest BCUT2D eigenvalue weighted by Gasteiger charge is -2.57. The highest BCUT2D eigenvalue weighted by atomic mass is 32.2. The molecule has 0 aliphatic carbocycles. The monoisotopic (exact) mass is 486 g/mol. The summed E-state index contributed by atoms with van der Waals surface area (Å²) >= 11 is 0. The van der Waals surface area contributed by atoms with E-state index in [2.05, 4.69) is 28.9 Å². The fraction of sp³-hybridized carbons (Fsp3) is 0.310. The summed E-state index contributed by atoms with van der Waals surface area (Å²) < 4.78 is 28.4. The van der Waals surface area contributed by atoms with Crippen LogP contribution in [-0.2, 0) is 10.0 Å². The zero-order valence-electron chi connectivity index (χ0n) is 19.6. The van der Waals surface area contributed by atoms with Crippen molar-refractivity contribution in [3.05, 3.63) is 102 Å². The zero-order chi connectivity index (χ0) is 24.3. The first-order chi connectivity index (χ1) is 17.1. The van der Waals surface area contributed by atoms with Crippen molar-refractivity contribution in [1.82, 2.24) is 9.21 Å². The van der Waals surface area contributed by atoms with E-state index in [1.807, 2.05) is 48.5 Å². The molecule has 0 unspecified atom stereocenters. The van der Waals surface area contributed by atoms with Gasteiger partial charge in [0, 0.05) is 42.2 Å². The number of fused-ring (bicyclic) bond motifs is 1. The predicted molar refractivity (Wildman–Crippen MR) is 137 cm³/mol. The van der Waals surface area contributed by atoms with Gasteiger partial charge < -0.3 is 5.11 Å². The lowest BCUT2D eigenvalue weighted by Crippen LogP contribution is -2.67. The molecule has 1 N–H and O–H groups in total. The van der Waals surface area contributed by atoms with Crippen molar-refractivity contribution in [3.8, 4) is 11.8 Å². The summed E-state index contributed by atoms with van der Waals surface area (Å²) in [5.74, 6) is 6.47. The van der Waals surface area contributed by atoms with Gasteiger partial charge in [-0.05, 0) is 61.3 Å². The summed E-state index contributed by atoms with van der Waals surface area (Å²) in [7, 11) is -3.57. The molecule has 0 spiro atoms.